The van der Waals surface area contributed by atoms with E-state index in [0.717, 1.165) is 18.4 Å². The number of rotatable bonds is 5. The molecule has 1 saturated carbocycles. The molecule has 4 nitrogen and oxygen atoms in total. The van der Waals surface area contributed by atoms with Crippen LogP contribution < -0.4 is 0 Å². The van der Waals surface area contributed by atoms with E-state index in [1.807, 2.05) is 38.1 Å². The maximum atomic E-state index is 13.1. The Kier molecular flexibility index (Phi) is 4.37. The number of hydrogen-bond acceptors (Lipinski definition) is 2. The molecule has 0 aromatic heterocycles. The summed E-state index contributed by atoms with van der Waals surface area (Å²) in [7, 11) is 0. The van der Waals surface area contributed by atoms with Gasteiger partial charge in [0.05, 0.1) is 10.8 Å². The predicted molar refractivity (Wildman–Crippen MR) is 92.9 cm³/mol. The number of halogens is 1. The largest absolute Gasteiger partial charge is 0.481 e. The molecule has 1 heterocycles. The van der Waals surface area contributed by atoms with Crippen LogP contribution in [0.2, 0.25) is 5.02 Å². The van der Waals surface area contributed by atoms with Gasteiger partial charge in [-0.25, -0.2) is 0 Å². The van der Waals surface area contributed by atoms with Crippen molar-refractivity contribution < 1.29 is 14.7 Å². The summed E-state index contributed by atoms with van der Waals surface area (Å²) >= 11 is 6.25. The number of carbonyl (C=O) groups is 2. The first kappa shape index (κ1) is 17.3. The van der Waals surface area contributed by atoms with Gasteiger partial charge in [0.2, 0.25) is 5.91 Å². The van der Waals surface area contributed by atoms with E-state index in [1.165, 1.54) is 0 Å². The number of carbonyl (C=O) groups excluding carboxylic acids is 1. The Hall–Kier alpha value is -1.55. The average Bonchev–Trinajstić information content (AvgIpc) is 3.16. The van der Waals surface area contributed by atoms with Crippen LogP contribution in [0.25, 0.3) is 0 Å². The Labute approximate surface area is 147 Å². The average molecular weight is 350 g/mol. The number of nitrogens with zero attached hydrogens (tertiary/aromatic N) is 1. The van der Waals surface area contributed by atoms with Gasteiger partial charge in [-0.05, 0) is 43.2 Å². The van der Waals surface area contributed by atoms with Gasteiger partial charge in [0, 0.05) is 18.1 Å². The first-order chi connectivity index (χ1) is 11.3. The third-order valence-electron chi connectivity index (χ3n) is 5.91. The molecule has 3 rings (SSSR count). The molecule has 5 heteroatoms. The molecule has 1 atom stereocenters. The number of benzene rings is 1. The quantitative estimate of drug-likeness (QED) is 0.883. The minimum atomic E-state index is -0.809. The molecule has 1 aromatic carbocycles. The maximum Gasteiger partial charge on any atom is 0.311 e. The smallest absolute Gasteiger partial charge is 0.311 e. The molecule has 1 aliphatic carbocycles. The number of carboxylic acids is 1. The molecule has 0 spiro atoms. The summed E-state index contributed by atoms with van der Waals surface area (Å²) in [5, 5.41) is 10.4. The van der Waals surface area contributed by atoms with Crippen LogP contribution in [0.4, 0.5) is 0 Å². The van der Waals surface area contributed by atoms with Crippen LogP contribution >= 0.6 is 11.6 Å². The van der Waals surface area contributed by atoms with Gasteiger partial charge in [-0.2, -0.15) is 0 Å². The lowest BCUT2D eigenvalue weighted by atomic mass is 9.76. The van der Waals surface area contributed by atoms with Crippen molar-refractivity contribution in [3.8, 4) is 0 Å². The van der Waals surface area contributed by atoms with E-state index in [2.05, 4.69) is 0 Å². The van der Waals surface area contributed by atoms with Gasteiger partial charge in [0.1, 0.15) is 0 Å². The Morgan fingerprint density at radius 3 is 2.42 bits per heavy atom. The lowest BCUT2D eigenvalue weighted by Gasteiger charge is -2.30. The first-order valence-corrected chi connectivity index (χ1v) is 8.95. The van der Waals surface area contributed by atoms with Crippen molar-refractivity contribution in [1.82, 2.24) is 4.90 Å². The second-order valence-corrected chi connectivity index (χ2v) is 8.05. The molecule has 0 bridgehead atoms. The summed E-state index contributed by atoms with van der Waals surface area (Å²) < 4.78 is 0. The van der Waals surface area contributed by atoms with Crippen molar-refractivity contribution in [2.75, 3.05) is 13.1 Å². The third kappa shape index (κ3) is 2.81. The molecule has 1 aliphatic heterocycles. The Bertz CT molecular complexity index is 668. The summed E-state index contributed by atoms with van der Waals surface area (Å²) in [5.41, 5.74) is -0.190. The normalized spacial score (nSPS) is 25.1. The topological polar surface area (TPSA) is 57.6 Å². The molecule has 1 unspecified atom stereocenters. The zero-order valence-electron chi connectivity index (χ0n) is 14.2. The fourth-order valence-electron chi connectivity index (χ4n) is 3.86. The Balaban J connectivity index is 1.76. The monoisotopic (exact) mass is 349 g/mol. The van der Waals surface area contributed by atoms with Crippen LogP contribution in [-0.4, -0.2) is 35.0 Å². The second kappa shape index (κ2) is 6.07. The van der Waals surface area contributed by atoms with E-state index in [1.54, 1.807) is 4.90 Å². The standard InChI is InChI=1S/C19H24ClNO3/c1-13(2)19(17(23)24)9-10-21(12-19)16(22)18(7-8-18)11-14-5-3-4-6-15(14)20/h3-6,13H,7-12H2,1-2H3,(H,23,24). The Morgan fingerprint density at radius 2 is 1.92 bits per heavy atom. The molecule has 130 valence electrons. The van der Waals surface area contributed by atoms with Gasteiger partial charge < -0.3 is 10.0 Å². The first-order valence-electron chi connectivity index (χ1n) is 8.57. The van der Waals surface area contributed by atoms with Crippen molar-refractivity contribution in [1.29, 1.82) is 0 Å². The van der Waals surface area contributed by atoms with Crippen molar-refractivity contribution in [2.24, 2.45) is 16.7 Å². The van der Waals surface area contributed by atoms with E-state index in [0.29, 0.717) is 31.0 Å². The molecular weight excluding hydrogens is 326 g/mol. The molecule has 1 saturated heterocycles. The van der Waals surface area contributed by atoms with E-state index in [4.69, 9.17) is 11.6 Å². The van der Waals surface area contributed by atoms with Crippen LogP contribution in [0.5, 0.6) is 0 Å². The number of hydrogen-bond donors (Lipinski definition) is 1. The fourth-order valence-corrected chi connectivity index (χ4v) is 4.06. The van der Waals surface area contributed by atoms with Gasteiger partial charge >= 0.3 is 5.97 Å². The van der Waals surface area contributed by atoms with Crippen molar-refractivity contribution in [3.05, 3.63) is 34.9 Å². The van der Waals surface area contributed by atoms with E-state index >= 15 is 0 Å². The lowest BCUT2D eigenvalue weighted by molar-refractivity contribution is -0.151. The fraction of sp³-hybridized carbons (Fsp3) is 0.579. The number of aliphatic carboxylic acids is 1. The molecule has 2 aliphatic rings. The SMILES string of the molecule is CC(C)C1(C(=O)O)CCN(C(=O)C2(Cc3ccccc3Cl)CC2)C1. The van der Waals surface area contributed by atoms with Crippen LogP contribution in [0.3, 0.4) is 0 Å². The minimum Gasteiger partial charge on any atom is -0.481 e. The van der Waals surface area contributed by atoms with Gasteiger partial charge in [0.15, 0.2) is 0 Å². The minimum absolute atomic E-state index is 0.00604. The van der Waals surface area contributed by atoms with Crippen LogP contribution in [0.1, 0.15) is 38.7 Å². The summed E-state index contributed by atoms with van der Waals surface area (Å²) in [4.78, 5) is 26.6. The molecule has 24 heavy (non-hydrogen) atoms. The van der Waals surface area contributed by atoms with Crippen LogP contribution in [-0.2, 0) is 16.0 Å². The summed E-state index contributed by atoms with van der Waals surface area (Å²) in [5.74, 6) is -0.679. The zero-order chi connectivity index (χ0) is 17.5. The number of likely N-dealkylation sites (tertiary alicyclic amines) is 1. The summed E-state index contributed by atoms with van der Waals surface area (Å²) in [6, 6.07) is 7.64. The number of carboxylic acid groups (broad SMARTS) is 1. The summed E-state index contributed by atoms with van der Waals surface area (Å²) in [6.07, 6.45) is 2.89. The predicted octanol–water partition coefficient (Wildman–Crippen LogP) is 3.62. The Morgan fingerprint density at radius 1 is 1.25 bits per heavy atom. The molecule has 1 N–H and O–H groups in total. The van der Waals surface area contributed by atoms with Gasteiger partial charge in [0.25, 0.3) is 0 Å². The van der Waals surface area contributed by atoms with Gasteiger partial charge in [-0.15, -0.1) is 0 Å². The van der Waals surface area contributed by atoms with Gasteiger partial charge in [-0.3, -0.25) is 9.59 Å². The molecular formula is C19H24ClNO3. The van der Waals surface area contributed by atoms with E-state index in [9.17, 15) is 14.7 Å². The highest BCUT2D eigenvalue weighted by Gasteiger charge is 2.56. The molecule has 2 fully saturated rings. The highest BCUT2D eigenvalue weighted by molar-refractivity contribution is 6.31. The van der Waals surface area contributed by atoms with Crippen molar-refractivity contribution in [2.45, 2.75) is 39.5 Å². The molecule has 0 radical (unpaired) electrons. The molecule has 1 aromatic rings. The van der Waals surface area contributed by atoms with Crippen molar-refractivity contribution in [3.63, 3.8) is 0 Å². The second-order valence-electron chi connectivity index (χ2n) is 7.64. The maximum absolute atomic E-state index is 13.1. The number of amides is 1. The van der Waals surface area contributed by atoms with Crippen LogP contribution in [0, 0.1) is 16.7 Å². The zero-order valence-corrected chi connectivity index (χ0v) is 15.0. The van der Waals surface area contributed by atoms with Gasteiger partial charge in [-0.1, -0.05) is 43.6 Å². The molecule has 1 amide bonds. The highest BCUT2D eigenvalue weighted by atomic mass is 35.5. The lowest BCUT2D eigenvalue weighted by Crippen LogP contribution is -2.43. The highest BCUT2D eigenvalue weighted by Crippen LogP contribution is 2.52. The van der Waals surface area contributed by atoms with E-state index in [-0.39, 0.29) is 17.2 Å². The summed E-state index contributed by atoms with van der Waals surface area (Å²) in [6.45, 7) is 4.72. The third-order valence-corrected chi connectivity index (χ3v) is 6.28. The van der Waals surface area contributed by atoms with E-state index < -0.39 is 11.4 Å². The van der Waals surface area contributed by atoms with Crippen LogP contribution in [0.15, 0.2) is 24.3 Å². The van der Waals surface area contributed by atoms with Crippen molar-refractivity contribution >= 4 is 23.5 Å².